The first-order valence-corrected chi connectivity index (χ1v) is 30.9. The molecular formula is C66H116O6. The van der Waals surface area contributed by atoms with Crippen molar-refractivity contribution in [3.05, 3.63) is 72.9 Å². The predicted octanol–water partition coefficient (Wildman–Crippen LogP) is 20.9. The summed E-state index contributed by atoms with van der Waals surface area (Å²) in [7, 11) is 0. The summed E-state index contributed by atoms with van der Waals surface area (Å²) >= 11 is 0. The Balaban J connectivity index is 4.42. The summed E-state index contributed by atoms with van der Waals surface area (Å²) in [5, 5.41) is 0. The molecule has 0 aromatic carbocycles. The minimum absolute atomic E-state index is 0.0857. The molecule has 416 valence electrons. The van der Waals surface area contributed by atoms with Gasteiger partial charge in [0.05, 0.1) is 0 Å². The Morgan fingerprint density at radius 1 is 0.292 bits per heavy atom. The van der Waals surface area contributed by atoms with Gasteiger partial charge in [-0.3, -0.25) is 14.4 Å². The van der Waals surface area contributed by atoms with Crippen molar-refractivity contribution in [2.75, 3.05) is 13.2 Å². The van der Waals surface area contributed by atoms with Crippen LogP contribution in [0.5, 0.6) is 0 Å². The monoisotopic (exact) mass is 1000 g/mol. The van der Waals surface area contributed by atoms with E-state index in [1.807, 2.05) is 0 Å². The van der Waals surface area contributed by atoms with Crippen LogP contribution in [0.25, 0.3) is 0 Å². The van der Waals surface area contributed by atoms with Crippen LogP contribution in [0.15, 0.2) is 72.9 Å². The first kappa shape index (κ1) is 68.8. The third-order valence-electron chi connectivity index (χ3n) is 13.4. The molecule has 0 aromatic rings. The van der Waals surface area contributed by atoms with Gasteiger partial charge in [0.15, 0.2) is 6.10 Å². The van der Waals surface area contributed by atoms with E-state index in [1.54, 1.807) is 0 Å². The van der Waals surface area contributed by atoms with Crippen molar-refractivity contribution in [2.24, 2.45) is 0 Å². The number of esters is 3. The van der Waals surface area contributed by atoms with Crippen molar-refractivity contribution in [1.82, 2.24) is 0 Å². The average Bonchev–Trinajstić information content (AvgIpc) is 3.38. The van der Waals surface area contributed by atoms with Crippen LogP contribution in [0.3, 0.4) is 0 Å². The number of rotatable bonds is 56. The van der Waals surface area contributed by atoms with Crippen molar-refractivity contribution in [2.45, 2.75) is 316 Å². The SMILES string of the molecule is CC/C=C\C/C=C\C/C=C\C/C=C\C/C=C\CCCCCC(=O)OCC(COC(=O)CCCCCCCCC/C=C\CCCCCCCC)OC(=O)CCCCCCCCCCCCCCCCCCCC. The minimum atomic E-state index is -0.790. The third-order valence-corrected chi connectivity index (χ3v) is 13.4. The average molecular weight is 1010 g/mol. The summed E-state index contributed by atoms with van der Waals surface area (Å²) < 4.78 is 16.9. The molecule has 1 unspecified atom stereocenters. The highest BCUT2D eigenvalue weighted by Crippen LogP contribution is 2.17. The summed E-state index contributed by atoms with van der Waals surface area (Å²) in [6.45, 7) is 6.53. The zero-order valence-electron chi connectivity index (χ0n) is 47.7. The zero-order chi connectivity index (χ0) is 52.2. The number of hydrogen-bond donors (Lipinski definition) is 0. The Morgan fingerprint density at radius 3 is 0.875 bits per heavy atom. The maximum absolute atomic E-state index is 12.9. The van der Waals surface area contributed by atoms with Crippen molar-refractivity contribution in [3.63, 3.8) is 0 Å². The van der Waals surface area contributed by atoms with Gasteiger partial charge in [-0.15, -0.1) is 0 Å². The lowest BCUT2D eigenvalue weighted by atomic mass is 10.0. The van der Waals surface area contributed by atoms with E-state index < -0.39 is 6.10 Å². The molecule has 6 heteroatoms. The van der Waals surface area contributed by atoms with E-state index in [4.69, 9.17) is 14.2 Å². The van der Waals surface area contributed by atoms with Crippen LogP contribution in [0.4, 0.5) is 0 Å². The van der Waals surface area contributed by atoms with Crippen LogP contribution in [0.1, 0.15) is 310 Å². The van der Waals surface area contributed by atoms with Gasteiger partial charge in [-0.1, -0.05) is 273 Å². The molecule has 0 radical (unpaired) electrons. The molecule has 1 atom stereocenters. The fourth-order valence-electron chi connectivity index (χ4n) is 8.82. The number of allylic oxidation sites excluding steroid dienone is 12. The van der Waals surface area contributed by atoms with E-state index in [0.29, 0.717) is 19.3 Å². The Kier molecular flexibility index (Phi) is 57.8. The molecule has 0 aliphatic rings. The van der Waals surface area contributed by atoms with Crippen LogP contribution >= 0.6 is 0 Å². The topological polar surface area (TPSA) is 78.9 Å². The van der Waals surface area contributed by atoms with E-state index in [2.05, 4.69) is 93.7 Å². The quantitative estimate of drug-likeness (QED) is 0.0261. The number of ether oxygens (including phenoxy) is 3. The van der Waals surface area contributed by atoms with Crippen LogP contribution in [-0.4, -0.2) is 37.2 Å². The molecule has 0 aliphatic carbocycles. The largest absolute Gasteiger partial charge is 0.462 e. The highest BCUT2D eigenvalue weighted by molar-refractivity contribution is 5.71. The van der Waals surface area contributed by atoms with E-state index >= 15 is 0 Å². The van der Waals surface area contributed by atoms with E-state index in [0.717, 1.165) is 96.3 Å². The normalized spacial score (nSPS) is 12.5. The zero-order valence-corrected chi connectivity index (χ0v) is 47.7. The molecule has 0 fully saturated rings. The van der Waals surface area contributed by atoms with Gasteiger partial charge >= 0.3 is 17.9 Å². The van der Waals surface area contributed by atoms with Crippen molar-refractivity contribution < 1.29 is 28.6 Å². The maximum Gasteiger partial charge on any atom is 0.306 e. The summed E-state index contributed by atoms with van der Waals surface area (Å²) in [5.41, 5.74) is 0. The molecule has 0 spiro atoms. The predicted molar refractivity (Wildman–Crippen MR) is 311 cm³/mol. The molecule has 6 nitrogen and oxygen atoms in total. The summed E-state index contributed by atoms with van der Waals surface area (Å²) in [5.74, 6) is -0.908. The Labute approximate surface area is 446 Å². The summed E-state index contributed by atoms with van der Waals surface area (Å²) in [6, 6.07) is 0. The first-order chi connectivity index (χ1) is 35.5. The van der Waals surface area contributed by atoms with Crippen LogP contribution in [0.2, 0.25) is 0 Å². The minimum Gasteiger partial charge on any atom is -0.462 e. The second-order valence-electron chi connectivity index (χ2n) is 20.6. The van der Waals surface area contributed by atoms with Gasteiger partial charge in [-0.25, -0.2) is 0 Å². The van der Waals surface area contributed by atoms with Gasteiger partial charge in [0.1, 0.15) is 13.2 Å². The van der Waals surface area contributed by atoms with Gasteiger partial charge < -0.3 is 14.2 Å². The van der Waals surface area contributed by atoms with Gasteiger partial charge in [0.2, 0.25) is 0 Å². The molecule has 0 N–H and O–H groups in total. The highest BCUT2D eigenvalue weighted by atomic mass is 16.6. The van der Waals surface area contributed by atoms with Gasteiger partial charge in [0.25, 0.3) is 0 Å². The number of carbonyl (C=O) groups excluding carboxylic acids is 3. The molecule has 0 aromatic heterocycles. The molecule has 0 bridgehead atoms. The molecule has 0 saturated carbocycles. The van der Waals surface area contributed by atoms with E-state index in [-0.39, 0.29) is 31.1 Å². The molecule has 72 heavy (non-hydrogen) atoms. The second kappa shape index (κ2) is 60.4. The van der Waals surface area contributed by atoms with Crippen molar-refractivity contribution >= 4 is 17.9 Å². The third kappa shape index (κ3) is 57.7. The van der Waals surface area contributed by atoms with Crippen LogP contribution in [-0.2, 0) is 28.6 Å². The molecule has 0 heterocycles. The van der Waals surface area contributed by atoms with Crippen molar-refractivity contribution in [3.8, 4) is 0 Å². The first-order valence-electron chi connectivity index (χ1n) is 30.9. The Morgan fingerprint density at radius 2 is 0.542 bits per heavy atom. The lowest BCUT2D eigenvalue weighted by Gasteiger charge is -2.18. The lowest BCUT2D eigenvalue weighted by Crippen LogP contribution is -2.30. The van der Waals surface area contributed by atoms with Crippen molar-refractivity contribution in [1.29, 1.82) is 0 Å². The fraction of sp³-hybridized carbons (Fsp3) is 0.773. The van der Waals surface area contributed by atoms with Crippen LogP contribution in [0, 0.1) is 0 Å². The smallest absolute Gasteiger partial charge is 0.306 e. The lowest BCUT2D eigenvalue weighted by molar-refractivity contribution is -0.167. The molecule has 0 saturated heterocycles. The molecular weight excluding hydrogens is 889 g/mol. The number of unbranched alkanes of at least 4 members (excludes halogenated alkanes) is 33. The summed E-state index contributed by atoms with van der Waals surface area (Å²) in [4.78, 5) is 38.3. The van der Waals surface area contributed by atoms with E-state index in [1.165, 1.54) is 173 Å². The van der Waals surface area contributed by atoms with Gasteiger partial charge in [0, 0.05) is 19.3 Å². The Bertz CT molecular complexity index is 1340. The second-order valence-corrected chi connectivity index (χ2v) is 20.6. The highest BCUT2D eigenvalue weighted by Gasteiger charge is 2.19. The number of carbonyl (C=O) groups is 3. The summed E-state index contributed by atoms with van der Waals surface area (Å²) in [6.07, 6.45) is 77.5. The molecule has 0 aliphatic heterocycles. The number of hydrogen-bond acceptors (Lipinski definition) is 6. The standard InChI is InChI=1S/C66H116O6/c1-4-7-10-13-16-19-22-25-28-31-33-36-38-41-44-47-50-53-56-59-65(68)71-62-63(61-70-64(67)58-55-52-49-46-43-40-37-34-30-27-24-21-18-15-12-9-6-3)72-66(69)60-57-54-51-48-45-42-39-35-32-29-26-23-20-17-14-11-8-5-2/h7,10,16,19,25,27-28,30,33,36,41,44,63H,4-6,8-9,11-15,17-18,20-24,26,29,31-32,34-35,37-40,42-43,45-62H2,1-3H3/b10-7-,19-16-,28-25-,30-27-,36-33-,44-41-. The van der Waals surface area contributed by atoms with E-state index in [9.17, 15) is 14.4 Å². The Hall–Kier alpha value is -3.15. The van der Waals surface area contributed by atoms with Crippen LogP contribution < -0.4 is 0 Å². The maximum atomic E-state index is 12.9. The fourth-order valence-corrected chi connectivity index (χ4v) is 8.82. The molecule has 0 amide bonds. The molecule has 0 rings (SSSR count). The van der Waals surface area contributed by atoms with Gasteiger partial charge in [-0.05, 0) is 89.9 Å². The van der Waals surface area contributed by atoms with Gasteiger partial charge in [-0.2, -0.15) is 0 Å².